The minimum atomic E-state index is 0. The van der Waals surface area contributed by atoms with E-state index >= 15 is 0 Å². The van der Waals surface area contributed by atoms with Gasteiger partial charge in [-0.1, -0.05) is 144 Å². The third-order valence-electron chi connectivity index (χ3n) is 10.3. The Labute approximate surface area is 425 Å². The Morgan fingerprint density at radius 1 is 0.500 bits per heavy atom. The first-order chi connectivity index (χ1) is 30.3. The Balaban J connectivity index is 0.000000233. The number of hydrogen-bond acceptors (Lipinski definition) is 8. The second-order valence-corrected chi connectivity index (χ2v) is 16.1. The minimum Gasteiger partial charge on any atom is -0.477 e. The Morgan fingerprint density at radius 2 is 0.909 bits per heavy atom. The standard InChI is InChI=1S/C26H22N4.C17H11BrN4.C9H11B.2Ir.2H2O/c1-19(2)23-13-6-7-14-24(23)20-9-8-12-22(17-20)30-18-29(21-10-4-3-5-11-21)25-26(30)28-16-15-27-25;18-13-5-4-8-15(11-13)22-12-21(14-6-2-1-3-7-14)16-17(22)20-10-9-19-16;1-7(2)8-5-3-4-6-9(8)10;;;;/h3-11,13-19H,1-2H3;1-7,9-12H;3-7H,1-2H3;;;2*1H2/q2*-2;;;;;. The van der Waals surface area contributed by atoms with Gasteiger partial charge in [0.1, 0.15) is 31.1 Å². The van der Waals surface area contributed by atoms with Crippen LogP contribution in [0.4, 0.5) is 46.0 Å². The van der Waals surface area contributed by atoms with Gasteiger partial charge in [0, 0.05) is 76.4 Å². The van der Waals surface area contributed by atoms with E-state index in [9.17, 15) is 0 Å². The van der Waals surface area contributed by atoms with Crippen molar-refractivity contribution in [3.05, 3.63) is 211 Å². The molecule has 0 unspecified atom stereocenters. The summed E-state index contributed by atoms with van der Waals surface area (Å²) < 4.78 is 0.998. The molecule has 2 aliphatic rings. The summed E-state index contributed by atoms with van der Waals surface area (Å²) in [5.74, 6) is 4.19. The number of anilines is 8. The number of halogens is 1. The van der Waals surface area contributed by atoms with Gasteiger partial charge in [-0.15, -0.1) is 42.4 Å². The van der Waals surface area contributed by atoms with Crippen molar-refractivity contribution in [1.29, 1.82) is 0 Å². The van der Waals surface area contributed by atoms with Crippen LogP contribution in [0.25, 0.3) is 11.1 Å². The van der Waals surface area contributed by atoms with Crippen molar-refractivity contribution in [2.45, 2.75) is 39.5 Å². The van der Waals surface area contributed by atoms with Gasteiger partial charge in [0.25, 0.3) is 0 Å². The number of benzene rings is 6. The van der Waals surface area contributed by atoms with Gasteiger partial charge in [-0.05, 0) is 47.2 Å². The van der Waals surface area contributed by atoms with Crippen LogP contribution in [-0.4, -0.2) is 38.7 Å². The Bertz CT molecular complexity index is 2760. The van der Waals surface area contributed by atoms with Crippen molar-refractivity contribution in [3.8, 4) is 11.1 Å². The molecule has 0 atom stereocenters. The van der Waals surface area contributed by atoms with Crippen LogP contribution in [0.5, 0.6) is 0 Å². The second-order valence-electron chi connectivity index (χ2n) is 15.2. The molecule has 0 amide bonds. The van der Waals surface area contributed by atoms with E-state index in [0.717, 1.165) is 56.0 Å². The molecule has 10 rings (SSSR count). The van der Waals surface area contributed by atoms with Gasteiger partial charge in [-0.3, -0.25) is 0 Å². The van der Waals surface area contributed by atoms with Gasteiger partial charge in [0.05, 0.1) is 0 Å². The molecule has 4 heterocycles. The molecular weight excluding hydrogens is 1240 g/mol. The molecule has 66 heavy (non-hydrogen) atoms. The van der Waals surface area contributed by atoms with Gasteiger partial charge >= 0.3 is 0 Å². The van der Waals surface area contributed by atoms with Crippen molar-refractivity contribution < 1.29 is 51.2 Å². The number of fused-ring (bicyclic) bond motifs is 2. The Hall–Kier alpha value is -5.56. The van der Waals surface area contributed by atoms with E-state index < -0.39 is 0 Å². The topological polar surface area (TPSA) is 128 Å². The van der Waals surface area contributed by atoms with Crippen molar-refractivity contribution in [2.24, 2.45) is 0 Å². The number of nitrogens with zero attached hydrogens (tertiary/aromatic N) is 8. The molecule has 14 heteroatoms. The zero-order valence-electron chi connectivity index (χ0n) is 36.7. The predicted octanol–water partition coefficient (Wildman–Crippen LogP) is 10.9. The molecular formula is C52H48BBrIr2N8O2-4. The van der Waals surface area contributed by atoms with Crippen molar-refractivity contribution in [1.82, 2.24) is 19.9 Å². The van der Waals surface area contributed by atoms with Crippen molar-refractivity contribution >= 4 is 75.3 Å². The van der Waals surface area contributed by atoms with E-state index in [4.69, 9.17) is 7.85 Å². The van der Waals surface area contributed by atoms with E-state index in [1.165, 1.54) is 22.3 Å². The smallest absolute Gasteiger partial charge is 0.145 e. The summed E-state index contributed by atoms with van der Waals surface area (Å²) in [6, 6.07) is 55.6. The molecule has 2 aromatic heterocycles. The summed E-state index contributed by atoms with van der Waals surface area (Å²) in [7, 11) is 5.72. The molecule has 6 aromatic carbocycles. The van der Waals surface area contributed by atoms with Gasteiger partial charge in [-0.2, -0.15) is 36.4 Å². The first kappa shape index (κ1) is 53.1. The summed E-state index contributed by atoms with van der Waals surface area (Å²) in [5, 5.41) is 0. The van der Waals surface area contributed by atoms with Crippen molar-refractivity contribution in [2.75, 3.05) is 19.6 Å². The molecule has 4 N–H and O–H groups in total. The summed E-state index contributed by atoms with van der Waals surface area (Å²) >= 11 is 3.50. The van der Waals surface area contributed by atoms with Crippen LogP contribution in [0.2, 0.25) is 0 Å². The van der Waals surface area contributed by atoms with Gasteiger partial charge < -0.3 is 30.6 Å². The maximum Gasteiger partial charge on any atom is 0.145 e. The Kier molecular flexibility index (Phi) is 20.0. The zero-order valence-corrected chi connectivity index (χ0v) is 43.1. The third-order valence-corrected chi connectivity index (χ3v) is 10.8. The van der Waals surface area contributed by atoms with E-state index in [0.29, 0.717) is 11.8 Å². The monoisotopic (exact) mass is 1290 g/mol. The molecule has 4 radical (unpaired) electrons. The average molecular weight is 1290 g/mol. The summed E-state index contributed by atoms with van der Waals surface area (Å²) in [6.07, 6.45) is 6.86. The summed E-state index contributed by atoms with van der Waals surface area (Å²) in [5.41, 5.74) is 9.84. The van der Waals surface area contributed by atoms with Crippen LogP contribution in [0.1, 0.15) is 50.7 Å². The first-order valence-electron chi connectivity index (χ1n) is 20.5. The number of para-hydroxylation sites is 2. The van der Waals surface area contributed by atoms with E-state index in [1.807, 2.05) is 114 Å². The van der Waals surface area contributed by atoms with E-state index in [1.54, 1.807) is 24.8 Å². The SMILES string of the molecule is Brc1cc[c-]c(N2[CH-]N(c3ccccc3)c3nccnc32)c1.CC(C)c1ccccc1-c1cc[c-]c(N2[CH-]N(c3ccccc3)c3nccnc32)c1.O.O.[B]c1ccccc1C(C)C.[Ir].[Ir]. The van der Waals surface area contributed by atoms with Gasteiger partial charge in [-0.25, -0.2) is 19.9 Å². The van der Waals surface area contributed by atoms with E-state index in [-0.39, 0.29) is 51.2 Å². The molecule has 0 spiro atoms. The fourth-order valence-corrected chi connectivity index (χ4v) is 7.66. The van der Waals surface area contributed by atoms with Crippen molar-refractivity contribution in [3.63, 3.8) is 0 Å². The Morgan fingerprint density at radius 3 is 1.36 bits per heavy atom. The number of rotatable bonds is 7. The molecule has 10 nitrogen and oxygen atoms in total. The molecule has 0 fully saturated rings. The van der Waals surface area contributed by atoms with Crippen LogP contribution >= 0.6 is 15.9 Å². The predicted molar refractivity (Wildman–Crippen MR) is 265 cm³/mol. The van der Waals surface area contributed by atoms with Crippen LogP contribution in [0.15, 0.2) is 175 Å². The molecule has 2 aliphatic heterocycles. The van der Waals surface area contributed by atoms with Gasteiger partial charge in [0.15, 0.2) is 0 Å². The fourth-order valence-electron chi connectivity index (χ4n) is 7.31. The number of hydrogen-bond donors (Lipinski definition) is 0. The average Bonchev–Trinajstić information content (AvgIpc) is 3.90. The normalized spacial score (nSPS) is 11.9. The van der Waals surface area contributed by atoms with Crippen LogP contribution in [0, 0.1) is 25.5 Å². The van der Waals surface area contributed by atoms with E-state index in [2.05, 4.69) is 140 Å². The largest absolute Gasteiger partial charge is 0.477 e. The zero-order chi connectivity index (χ0) is 43.0. The third kappa shape index (κ3) is 12.1. The minimum absolute atomic E-state index is 0. The number of aromatic nitrogens is 4. The quantitative estimate of drug-likeness (QED) is 0.114. The molecule has 0 saturated heterocycles. The summed E-state index contributed by atoms with van der Waals surface area (Å²) in [4.78, 5) is 26.3. The second kappa shape index (κ2) is 24.8. The molecule has 8 aromatic rings. The molecule has 0 aliphatic carbocycles. The molecule has 0 bridgehead atoms. The van der Waals surface area contributed by atoms with Crippen LogP contribution < -0.4 is 25.1 Å². The molecule has 340 valence electrons. The first-order valence-corrected chi connectivity index (χ1v) is 21.3. The van der Waals surface area contributed by atoms with Gasteiger partial charge in [0.2, 0.25) is 0 Å². The molecule has 0 saturated carbocycles. The maximum absolute atomic E-state index is 5.72. The maximum atomic E-state index is 5.72. The fraction of sp³-hybridized carbons (Fsp3) is 0.115. The summed E-state index contributed by atoms with van der Waals surface area (Å²) in [6.45, 7) is 12.8. The van der Waals surface area contributed by atoms with Crippen LogP contribution in [-0.2, 0) is 40.2 Å². The van der Waals surface area contributed by atoms with Crippen LogP contribution in [0.3, 0.4) is 0 Å².